The van der Waals surface area contributed by atoms with Gasteiger partial charge in [0.1, 0.15) is 0 Å². The normalized spacial score (nSPS) is 19.8. The molecule has 1 N–H and O–H groups in total. The first-order valence-electron chi connectivity index (χ1n) is 7.06. The Balaban J connectivity index is 1.95. The van der Waals surface area contributed by atoms with Crippen LogP contribution in [0.3, 0.4) is 0 Å². The van der Waals surface area contributed by atoms with Crippen molar-refractivity contribution in [2.45, 2.75) is 23.5 Å². The van der Waals surface area contributed by atoms with Crippen LogP contribution in [0.15, 0.2) is 23.1 Å². The molecule has 2 atom stereocenters. The molecular weight excluding hydrogens is 327 g/mol. The van der Waals surface area contributed by atoms with E-state index < -0.39 is 0 Å². The van der Waals surface area contributed by atoms with E-state index in [2.05, 4.69) is 5.32 Å². The number of likely N-dealkylation sites (tertiary alicyclic amines) is 1. The van der Waals surface area contributed by atoms with Crippen LogP contribution in [0.2, 0.25) is 10.0 Å². The van der Waals surface area contributed by atoms with Gasteiger partial charge in [0.25, 0.3) is 0 Å². The van der Waals surface area contributed by atoms with Crippen molar-refractivity contribution in [1.82, 2.24) is 10.2 Å². The number of rotatable bonds is 5. The third kappa shape index (κ3) is 4.52. The summed E-state index contributed by atoms with van der Waals surface area (Å²) in [4.78, 5) is 15.3. The van der Waals surface area contributed by atoms with E-state index in [0.29, 0.717) is 16.0 Å². The van der Waals surface area contributed by atoms with Crippen LogP contribution < -0.4 is 5.32 Å². The largest absolute Gasteiger partial charge is 0.341 e. The predicted molar refractivity (Wildman–Crippen MR) is 90.4 cm³/mol. The lowest BCUT2D eigenvalue weighted by molar-refractivity contribution is -0.129. The molecule has 21 heavy (non-hydrogen) atoms. The molecule has 0 aromatic heterocycles. The molecule has 2 rings (SSSR count). The van der Waals surface area contributed by atoms with Crippen LogP contribution in [0.5, 0.6) is 0 Å². The quantitative estimate of drug-likeness (QED) is 0.827. The number of carbonyl (C=O) groups is 1. The molecule has 2 unspecified atom stereocenters. The van der Waals surface area contributed by atoms with Crippen LogP contribution >= 0.6 is 35.0 Å². The van der Waals surface area contributed by atoms with Gasteiger partial charge in [-0.1, -0.05) is 23.2 Å². The first-order chi connectivity index (χ1) is 10.0. The highest BCUT2D eigenvalue weighted by Gasteiger charge is 2.29. The maximum absolute atomic E-state index is 12.5. The standard InChI is InChI=1S/C15H20Cl2N2OS/c1-10(21-14-7-12(16)3-4-13(14)17)15(20)19-6-5-11(9-19)8-18-2/h3-4,7,10-11,18H,5-6,8-9H2,1-2H3. The van der Waals surface area contributed by atoms with Crippen LogP contribution in [0.25, 0.3) is 0 Å². The lowest BCUT2D eigenvalue weighted by Gasteiger charge is -2.21. The molecule has 1 aromatic carbocycles. The Morgan fingerprint density at radius 3 is 3.00 bits per heavy atom. The molecule has 0 radical (unpaired) electrons. The van der Waals surface area contributed by atoms with E-state index in [0.717, 1.165) is 31.0 Å². The summed E-state index contributed by atoms with van der Waals surface area (Å²) in [5, 5.41) is 4.29. The third-order valence-electron chi connectivity index (χ3n) is 3.64. The van der Waals surface area contributed by atoms with Gasteiger partial charge in [0, 0.05) is 23.0 Å². The zero-order chi connectivity index (χ0) is 15.4. The monoisotopic (exact) mass is 346 g/mol. The van der Waals surface area contributed by atoms with Gasteiger partial charge >= 0.3 is 0 Å². The highest BCUT2D eigenvalue weighted by atomic mass is 35.5. The Morgan fingerprint density at radius 1 is 1.52 bits per heavy atom. The fourth-order valence-electron chi connectivity index (χ4n) is 2.55. The maximum Gasteiger partial charge on any atom is 0.235 e. The number of hydrogen-bond acceptors (Lipinski definition) is 3. The molecule has 0 aliphatic carbocycles. The van der Waals surface area contributed by atoms with E-state index in [1.807, 2.05) is 24.9 Å². The molecule has 3 nitrogen and oxygen atoms in total. The van der Waals surface area contributed by atoms with Crippen LogP contribution in [0.4, 0.5) is 0 Å². The number of halogens is 2. The minimum Gasteiger partial charge on any atom is -0.341 e. The molecule has 1 amide bonds. The summed E-state index contributed by atoms with van der Waals surface area (Å²) in [5.41, 5.74) is 0. The van der Waals surface area contributed by atoms with Crippen molar-refractivity contribution < 1.29 is 4.79 Å². The van der Waals surface area contributed by atoms with E-state index in [1.165, 1.54) is 11.8 Å². The average molecular weight is 347 g/mol. The van der Waals surface area contributed by atoms with Crippen molar-refractivity contribution >= 4 is 40.9 Å². The smallest absolute Gasteiger partial charge is 0.235 e. The predicted octanol–water partition coefficient (Wildman–Crippen LogP) is 3.54. The second-order valence-corrected chi connectivity index (χ2v) is 7.56. The van der Waals surface area contributed by atoms with E-state index in [-0.39, 0.29) is 11.2 Å². The Labute approximate surface area is 140 Å². The number of thioether (sulfide) groups is 1. The van der Waals surface area contributed by atoms with Gasteiger partial charge in [-0.05, 0) is 51.1 Å². The number of amides is 1. The minimum absolute atomic E-state index is 0.158. The minimum atomic E-state index is -0.158. The lowest BCUT2D eigenvalue weighted by Crippen LogP contribution is -2.35. The highest BCUT2D eigenvalue weighted by Crippen LogP contribution is 2.33. The summed E-state index contributed by atoms with van der Waals surface area (Å²) in [6, 6.07) is 5.33. The summed E-state index contributed by atoms with van der Waals surface area (Å²) >= 11 is 13.6. The lowest BCUT2D eigenvalue weighted by atomic mass is 10.1. The molecule has 116 valence electrons. The third-order valence-corrected chi connectivity index (χ3v) is 5.46. The van der Waals surface area contributed by atoms with Crippen LogP contribution in [-0.2, 0) is 4.79 Å². The molecular formula is C15H20Cl2N2OS. The summed E-state index contributed by atoms with van der Waals surface area (Å²) in [6.07, 6.45) is 1.07. The molecule has 0 bridgehead atoms. The maximum atomic E-state index is 12.5. The van der Waals surface area contributed by atoms with E-state index >= 15 is 0 Å². The fraction of sp³-hybridized carbons (Fsp3) is 0.533. The van der Waals surface area contributed by atoms with Gasteiger partial charge < -0.3 is 10.2 Å². The second kappa shape index (κ2) is 7.73. The van der Waals surface area contributed by atoms with Gasteiger partial charge in [-0.25, -0.2) is 0 Å². The Kier molecular flexibility index (Phi) is 6.23. The van der Waals surface area contributed by atoms with Crippen LogP contribution in [0.1, 0.15) is 13.3 Å². The van der Waals surface area contributed by atoms with Crippen LogP contribution in [-0.4, -0.2) is 42.7 Å². The molecule has 1 saturated heterocycles. The van der Waals surface area contributed by atoms with Crippen molar-refractivity contribution in [3.8, 4) is 0 Å². The van der Waals surface area contributed by atoms with Crippen molar-refractivity contribution in [3.05, 3.63) is 28.2 Å². The number of hydrogen-bond donors (Lipinski definition) is 1. The van der Waals surface area contributed by atoms with E-state index in [1.54, 1.807) is 12.1 Å². The Morgan fingerprint density at radius 2 is 2.29 bits per heavy atom. The van der Waals surface area contributed by atoms with Crippen molar-refractivity contribution in [1.29, 1.82) is 0 Å². The second-order valence-electron chi connectivity index (χ2n) is 5.33. The van der Waals surface area contributed by atoms with Gasteiger partial charge in [0.15, 0.2) is 0 Å². The summed E-state index contributed by atoms with van der Waals surface area (Å²) < 4.78 is 0. The molecule has 1 aliphatic rings. The first kappa shape index (κ1) is 16.9. The number of carbonyl (C=O) groups excluding carboxylic acids is 1. The molecule has 1 fully saturated rings. The Bertz CT molecular complexity index is 512. The first-order valence-corrected chi connectivity index (χ1v) is 8.70. The van der Waals surface area contributed by atoms with Crippen molar-refractivity contribution in [3.63, 3.8) is 0 Å². The topological polar surface area (TPSA) is 32.3 Å². The molecule has 0 saturated carbocycles. The van der Waals surface area contributed by atoms with Gasteiger partial charge in [0.05, 0.1) is 10.3 Å². The molecule has 1 heterocycles. The highest BCUT2D eigenvalue weighted by molar-refractivity contribution is 8.00. The van der Waals surface area contributed by atoms with Crippen molar-refractivity contribution in [2.75, 3.05) is 26.7 Å². The summed E-state index contributed by atoms with van der Waals surface area (Å²) in [5.74, 6) is 0.737. The molecule has 1 aromatic rings. The molecule has 0 spiro atoms. The zero-order valence-electron chi connectivity index (χ0n) is 12.2. The van der Waals surface area contributed by atoms with E-state index in [4.69, 9.17) is 23.2 Å². The van der Waals surface area contributed by atoms with E-state index in [9.17, 15) is 4.79 Å². The summed E-state index contributed by atoms with van der Waals surface area (Å²) in [6.45, 7) is 4.58. The zero-order valence-corrected chi connectivity index (χ0v) is 14.6. The summed E-state index contributed by atoms with van der Waals surface area (Å²) in [7, 11) is 1.95. The molecule has 6 heteroatoms. The molecule has 1 aliphatic heterocycles. The number of nitrogens with one attached hydrogen (secondary N) is 1. The van der Waals surface area contributed by atoms with Gasteiger partial charge in [-0.15, -0.1) is 11.8 Å². The number of nitrogens with zero attached hydrogens (tertiary/aromatic N) is 1. The SMILES string of the molecule is CNCC1CCN(C(=O)C(C)Sc2cc(Cl)ccc2Cl)C1. The van der Waals surface area contributed by atoms with Gasteiger partial charge in [-0.3, -0.25) is 4.79 Å². The Hall–Kier alpha value is -0.420. The number of benzene rings is 1. The fourth-order valence-corrected chi connectivity index (χ4v) is 4.05. The van der Waals surface area contributed by atoms with Gasteiger partial charge in [0.2, 0.25) is 5.91 Å². The van der Waals surface area contributed by atoms with Crippen LogP contribution in [0, 0.1) is 5.92 Å². The van der Waals surface area contributed by atoms with Gasteiger partial charge in [-0.2, -0.15) is 0 Å². The average Bonchev–Trinajstić information content (AvgIpc) is 2.91. The van der Waals surface area contributed by atoms with Crippen molar-refractivity contribution in [2.24, 2.45) is 5.92 Å².